The molecule has 0 amide bonds. The number of benzene rings is 4. The van der Waals surface area contributed by atoms with Gasteiger partial charge in [-0.3, -0.25) is 29.9 Å². The predicted molar refractivity (Wildman–Crippen MR) is 482 cm³/mol. The van der Waals surface area contributed by atoms with Gasteiger partial charge in [0.05, 0.1) is 68.4 Å². The van der Waals surface area contributed by atoms with Crippen LogP contribution in [-0.2, 0) is 0 Å². The van der Waals surface area contributed by atoms with Crippen LogP contribution in [0.5, 0.6) is 11.5 Å². The molecule has 0 atom stereocenters. The van der Waals surface area contributed by atoms with Crippen molar-refractivity contribution < 1.29 is 9.47 Å². The molecule has 0 aliphatic rings. The maximum Gasteiger partial charge on any atom is 0.331 e. The van der Waals surface area contributed by atoms with Crippen molar-refractivity contribution in [3.05, 3.63) is 228 Å². The maximum atomic E-state index is 12.6. The molecule has 116 heavy (non-hydrogen) atoms. The number of rotatable bonds is 50. The Hall–Kier alpha value is -9.99. The fourth-order valence-electron chi connectivity index (χ4n) is 16.6. The first-order valence-corrected chi connectivity index (χ1v) is 44.4. The van der Waals surface area contributed by atoms with Gasteiger partial charge in [0, 0.05) is 71.7 Å². The number of hydrogen-bond donors (Lipinski definition) is 0. The quantitative estimate of drug-likeness (QED) is 0.0261. The van der Waals surface area contributed by atoms with Crippen molar-refractivity contribution in [1.29, 1.82) is 10.5 Å². The first kappa shape index (κ1) is 85.4. The number of ether oxygens (including phenoxy) is 2. The zero-order valence-electron chi connectivity index (χ0n) is 68.4. The third-order valence-electron chi connectivity index (χ3n) is 22.7. The summed E-state index contributed by atoms with van der Waals surface area (Å²) in [5.74, 6) is 1.43. The molecule has 18 heteroatoms. The fourth-order valence-corrected chi connectivity index (χ4v) is 16.9. The SMILES string of the molecule is CCCCCCCCCCCCCCCCCCCCOc1ccc(-c2c3/c(=C(\C#N)c4cnc5cc(Cl)c(Cl)cc5n4)n(B(c4cccnc4)c4cccnc4)c(-c4ccc(OCCCCCCCCCCCCCCCCCCCC)cc4)c3/c(=C(\C#N)c3cnc4ccccc4n3)n2B(c2cccnc2)c2cccnc2)cc1. The maximum absolute atomic E-state index is 12.6. The molecule has 598 valence electrons. The van der Waals surface area contributed by atoms with Gasteiger partial charge in [-0.15, -0.1) is 0 Å². The van der Waals surface area contributed by atoms with Crippen molar-refractivity contribution in [1.82, 2.24) is 48.8 Å². The van der Waals surface area contributed by atoms with Gasteiger partial charge in [-0.1, -0.05) is 292 Å². The number of nitrogens with zero attached hydrogens (tertiary/aromatic N) is 12. The standard InChI is InChI=1S/C98H114B2Cl2N12O2/c1-3-5-7-9-11-13-15-17-19-21-23-25-27-29-31-33-35-39-63-115-81-55-51-75(52-56-81)95-93-94(98(84(68-104)92-74-110-89-65-85(101)86(102)66-90(89)112-92)114(95)100(79-47-43-61-107-71-79)80-48-44-62-108-72-80)96(76-53-57-82(58-54-76)116-64-40-36-34-32-30-28-26-24-22-20-18-16-14-12-10-8-6-4-2)113(99(77-45-41-59-105-69-77)78-46-42-60-106-70-78)97(93)83(67-103)91-73-109-87-49-37-38-50-88(87)111-91/h37-38,41-62,65-66,69-74H,3-36,39-40,63-64H2,1-2H3/b97-83-,98-84-. The van der Waals surface area contributed by atoms with Crippen LogP contribution < -0.4 is 42.0 Å². The van der Waals surface area contributed by atoms with Crippen LogP contribution in [0.25, 0.3) is 66.5 Å². The molecule has 12 rings (SSSR count). The molecule has 0 unspecified atom stereocenters. The Morgan fingerprint density at radius 1 is 0.345 bits per heavy atom. The van der Waals surface area contributed by atoms with E-state index < -0.39 is 13.7 Å². The monoisotopic (exact) mass is 1580 g/mol. The van der Waals surface area contributed by atoms with Gasteiger partial charge in [-0.05, 0) is 143 Å². The predicted octanol–water partition coefficient (Wildman–Crippen LogP) is 22.1. The lowest BCUT2D eigenvalue weighted by Gasteiger charge is -2.24. The van der Waals surface area contributed by atoms with Crippen LogP contribution in [0.15, 0.2) is 195 Å². The fraction of sp³-hybridized carbons (Fsp3) is 0.408. The molecular formula is C98H114B2Cl2N12O2. The number of nitriles is 2. The van der Waals surface area contributed by atoms with Crippen molar-refractivity contribution in [3.8, 4) is 46.2 Å². The summed E-state index contributed by atoms with van der Waals surface area (Å²) in [5.41, 5.74) is 9.12. The van der Waals surface area contributed by atoms with Gasteiger partial charge in [0.2, 0.25) is 0 Å². The number of aromatic nitrogens is 10. The van der Waals surface area contributed by atoms with Crippen molar-refractivity contribution in [3.63, 3.8) is 0 Å². The second kappa shape index (κ2) is 46.7. The van der Waals surface area contributed by atoms with Crippen molar-refractivity contribution in [2.24, 2.45) is 0 Å². The van der Waals surface area contributed by atoms with Gasteiger partial charge < -0.3 is 18.4 Å². The molecule has 8 aromatic heterocycles. The Kier molecular flexibility index (Phi) is 34.4. The normalized spacial score (nSPS) is 12.0. The second-order valence-electron chi connectivity index (χ2n) is 31.3. The van der Waals surface area contributed by atoms with E-state index in [0.717, 1.165) is 58.7 Å². The van der Waals surface area contributed by atoms with Crippen LogP contribution in [0.4, 0.5) is 0 Å². The summed E-state index contributed by atoms with van der Waals surface area (Å²) < 4.78 is 17.8. The highest BCUT2D eigenvalue weighted by Gasteiger charge is 2.38. The molecule has 0 fully saturated rings. The van der Waals surface area contributed by atoms with E-state index in [9.17, 15) is 10.5 Å². The molecule has 0 radical (unpaired) electrons. The summed E-state index contributed by atoms with van der Waals surface area (Å²) in [6.07, 6.45) is 64.8. The summed E-state index contributed by atoms with van der Waals surface area (Å²) in [6.45, 7) is 4.20. The number of pyridine rings is 4. The molecule has 0 aliphatic carbocycles. The molecular weight excluding hydrogens is 1470 g/mol. The van der Waals surface area contributed by atoms with Crippen LogP contribution in [-0.4, -0.2) is 75.7 Å². The molecule has 0 spiro atoms. The average Bonchev–Trinajstić information content (AvgIpc) is 1.52. The molecule has 12 aromatic rings. The third kappa shape index (κ3) is 23.4. The summed E-state index contributed by atoms with van der Waals surface area (Å²) in [6, 6.07) is 49.0. The van der Waals surface area contributed by atoms with E-state index >= 15 is 0 Å². The van der Waals surface area contributed by atoms with E-state index in [4.69, 9.17) is 72.5 Å². The molecule has 8 heterocycles. The highest BCUT2D eigenvalue weighted by atomic mass is 35.5. The lowest BCUT2D eigenvalue weighted by molar-refractivity contribution is 0.304. The minimum absolute atomic E-state index is 0.168. The average molecular weight is 1580 g/mol. The van der Waals surface area contributed by atoms with E-state index in [0.29, 0.717) is 90.4 Å². The molecule has 0 aliphatic heterocycles. The summed E-state index contributed by atoms with van der Waals surface area (Å²) in [7, 11) is 0. The number of unbranched alkanes of at least 4 members (excludes halogenated alkanes) is 34. The number of fused-ring (bicyclic) bond motifs is 3. The summed E-state index contributed by atoms with van der Waals surface area (Å²) in [4.78, 5) is 39.9. The smallest absolute Gasteiger partial charge is 0.331 e. The van der Waals surface area contributed by atoms with E-state index in [2.05, 4.69) is 71.3 Å². The Bertz CT molecular complexity index is 5050. The van der Waals surface area contributed by atoms with Crippen LogP contribution in [0.1, 0.15) is 256 Å². The van der Waals surface area contributed by atoms with Crippen LogP contribution in [0.2, 0.25) is 10.0 Å². The van der Waals surface area contributed by atoms with Gasteiger partial charge in [-0.25, -0.2) is 9.97 Å². The number of halogens is 2. The zero-order chi connectivity index (χ0) is 80.1. The zero-order valence-corrected chi connectivity index (χ0v) is 70.0. The van der Waals surface area contributed by atoms with Crippen LogP contribution in [0.3, 0.4) is 0 Å². The molecule has 14 nitrogen and oxygen atoms in total. The van der Waals surface area contributed by atoms with Crippen LogP contribution >= 0.6 is 23.2 Å². The molecule has 0 N–H and O–H groups in total. The van der Waals surface area contributed by atoms with Crippen molar-refractivity contribution in [2.45, 2.75) is 245 Å². The Labute approximate surface area is 699 Å². The van der Waals surface area contributed by atoms with E-state index in [1.807, 2.05) is 110 Å². The highest BCUT2D eigenvalue weighted by Crippen LogP contribution is 2.38. The Balaban J connectivity index is 0.971. The van der Waals surface area contributed by atoms with E-state index in [1.165, 1.54) is 205 Å². The van der Waals surface area contributed by atoms with Gasteiger partial charge in [0.1, 0.15) is 46.2 Å². The topological polar surface area (TPSA) is 179 Å². The minimum Gasteiger partial charge on any atom is -0.494 e. The Morgan fingerprint density at radius 3 is 0.966 bits per heavy atom. The lowest BCUT2D eigenvalue weighted by atomic mass is 9.50. The molecule has 4 aromatic carbocycles. The second-order valence-corrected chi connectivity index (χ2v) is 32.1. The van der Waals surface area contributed by atoms with Gasteiger partial charge >= 0.3 is 13.7 Å². The molecule has 0 saturated carbocycles. The van der Waals surface area contributed by atoms with Crippen LogP contribution in [0, 0.1) is 22.7 Å². The minimum atomic E-state index is -0.761. The van der Waals surface area contributed by atoms with Gasteiger partial charge in [0.15, 0.2) is 0 Å². The number of para-hydroxylation sites is 2. The van der Waals surface area contributed by atoms with Gasteiger partial charge in [-0.2, -0.15) is 10.5 Å². The summed E-state index contributed by atoms with van der Waals surface area (Å²) in [5, 5.41) is 28.0. The third-order valence-corrected chi connectivity index (χ3v) is 23.4. The molecule has 0 bridgehead atoms. The lowest BCUT2D eigenvalue weighted by Crippen LogP contribution is -2.54. The van der Waals surface area contributed by atoms with Crippen molar-refractivity contribution in [2.75, 3.05) is 13.2 Å². The number of hydrogen-bond acceptors (Lipinski definition) is 12. The summed E-state index contributed by atoms with van der Waals surface area (Å²) >= 11 is 13.5. The van der Waals surface area contributed by atoms with E-state index in [1.54, 1.807) is 49.3 Å². The van der Waals surface area contributed by atoms with Crippen molar-refractivity contribution >= 4 is 103 Å². The highest BCUT2D eigenvalue weighted by molar-refractivity contribution is 6.85. The van der Waals surface area contributed by atoms with Gasteiger partial charge in [0.25, 0.3) is 0 Å². The first-order valence-electron chi connectivity index (χ1n) is 43.6. The molecule has 0 saturated heterocycles. The first-order chi connectivity index (χ1) is 57.4. The largest absolute Gasteiger partial charge is 0.494 e. The Morgan fingerprint density at radius 2 is 0.647 bits per heavy atom. The van der Waals surface area contributed by atoms with E-state index in [-0.39, 0.29) is 21.9 Å².